The molecule has 1 aromatic heterocycles. The maximum atomic E-state index is 12.7. The van der Waals surface area contributed by atoms with E-state index in [1.54, 1.807) is 7.11 Å². The van der Waals surface area contributed by atoms with Gasteiger partial charge in [-0.1, -0.05) is 12.1 Å². The van der Waals surface area contributed by atoms with Gasteiger partial charge < -0.3 is 15.0 Å². The molecule has 1 fully saturated rings. The molecule has 0 aliphatic carbocycles. The van der Waals surface area contributed by atoms with Crippen molar-refractivity contribution in [3.05, 3.63) is 24.3 Å². The van der Waals surface area contributed by atoms with E-state index in [1.807, 2.05) is 24.3 Å². The van der Waals surface area contributed by atoms with Crippen LogP contribution >= 0.6 is 12.4 Å². The molecule has 2 aromatic rings. The van der Waals surface area contributed by atoms with Crippen LogP contribution in [0.5, 0.6) is 0 Å². The molecule has 1 amide bonds. The lowest BCUT2D eigenvalue weighted by Crippen LogP contribution is -2.47. The van der Waals surface area contributed by atoms with Gasteiger partial charge in [0.1, 0.15) is 0 Å². The summed E-state index contributed by atoms with van der Waals surface area (Å²) in [6.45, 7) is 2.09. The van der Waals surface area contributed by atoms with Gasteiger partial charge in [0.15, 0.2) is 0 Å². The van der Waals surface area contributed by atoms with Gasteiger partial charge in [0, 0.05) is 7.11 Å². The highest BCUT2D eigenvalue weighted by Gasteiger charge is 2.40. The van der Waals surface area contributed by atoms with Crippen LogP contribution in [-0.4, -0.2) is 42.7 Å². The van der Waals surface area contributed by atoms with Crippen molar-refractivity contribution in [1.29, 1.82) is 0 Å². The number of H-pyrrole nitrogens is 1. The minimum Gasteiger partial charge on any atom is -0.384 e. The minimum atomic E-state index is -0.473. The summed E-state index contributed by atoms with van der Waals surface area (Å²) in [6.07, 6.45) is 1.54. The van der Waals surface area contributed by atoms with Crippen molar-refractivity contribution in [2.45, 2.75) is 12.8 Å². The van der Waals surface area contributed by atoms with Crippen LogP contribution in [0.3, 0.4) is 0 Å². The number of amides is 1. The molecule has 0 unspecified atom stereocenters. The highest BCUT2D eigenvalue weighted by molar-refractivity contribution is 5.95. The molecular weight excluding hydrogens is 304 g/mol. The van der Waals surface area contributed by atoms with Gasteiger partial charge in [-0.2, -0.15) is 0 Å². The summed E-state index contributed by atoms with van der Waals surface area (Å²) >= 11 is 0. The summed E-state index contributed by atoms with van der Waals surface area (Å²) < 4.78 is 5.28. The number of nitrogens with zero attached hydrogens (tertiary/aromatic N) is 1. The topological polar surface area (TPSA) is 79.0 Å². The Labute approximate surface area is 135 Å². The second-order valence-electron chi connectivity index (χ2n) is 5.52. The highest BCUT2D eigenvalue weighted by atomic mass is 35.5. The zero-order valence-corrected chi connectivity index (χ0v) is 13.3. The number of hydrogen-bond donors (Lipinski definition) is 3. The van der Waals surface area contributed by atoms with Gasteiger partial charge in [-0.15, -0.1) is 12.4 Å². The van der Waals surface area contributed by atoms with Crippen LogP contribution < -0.4 is 10.6 Å². The Hall–Kier alpha value is -1.63. The number of aromatic nitrogens is 2. The molecule has 0 saturated carbocycles. The minimum absolute atomic E-state index is 0. The van der Waals surface area contributed by atoms with Crippen LogP contribution in [0.4, 0.5) is 5.95 Å². The molecule has 1 aliphatic rings. The molecule has 3 N–H and O–H groups in total. The first-order chi connectivity index (χ1) is 10.2. The standard InChI is InChI=1S/C15H20N4O2.ClH/c1-21-10-15(6-8-16-9-7-15)13(20)19-14-17-11-4-2-3-5-12(11)18-14;/h2-5,16H,6-10H2,1H3,(H2,17,18,19,20);1H. The Balaban J connectivity index is 0.00000176. The number of ether oxygens (including phenoxy) is 1. The Morgan fingerprint density at radius 3 is 2.77 bits per heavy atom. The molecule has 6 nitrogen and oxygen atoms in total. The van der Waals surface area contributed by atoms with Crippen LogP contribution in [0.15, 0.2) is 24.3 Å². The number of imidazole rings is 1. The number of aromatic amines is 1. The molecule has 1 aliphatic heterocycles. The SMILES string of the molecule is COCC1(C(=O)Nc2nc3ccccc3[nH]2)CCNCC1.Cl. The number of carbonyl (C=O) groups excluding carboxylic acids is 1. The Kier molecular flexibility index (Phi) is 5.39. The predicted molar refractivity (Wildman–Crippen MR) is 88.4 cm³/mol. The highest BCUT2D eigenvalue weighted by Crippen LogP contribution is 2.30. The van der Waals surface area contributed by atoms with Gasteiger partial charge in [-0.3, -0.25) is 10.1 Å². The van der Waals surface area contributed by atoms with Crippen LogP contribution in [-0.2, 0) is 9.53 Å². The number of benzene rings is 1. The van der Waals surface area contributed by atoms with E-state index in [2.05, 4.69) is 20.6 Å². The van der Waals surface area contributed by atoms with Crippen LogP contribution in [0.1, 0.15) is 12.8 Å². The average Bonchev–Trinajstić information content (AvgIpc) is 2.90. The summed E-state index contributed by atoms with van der Waals surface area (Å²) in [5.74, 6) is 0.472. The smallest absolute Gasteiger partial charge is 0.235 e. The normalized spacial score (nSPS) is 17.0. The molecule has 22 heavy (non-hydrogen) atoms. The summed E-state index contributed by atoms with van der Waals surface area (Å²) in [6, 6.07) is 7.71. The molecule has 120 valence electrons. The van der Waals surface area contributed by atoms with Crippen molar-refractivity contribution in [2.75, 3.05) is 32.1 Å². The average molecular weight is 325 g/mol. The zero-order chi connectivity index (χ0) is 14.7. The number of fused-ring (bicyclic) bond motifs is 1. The lowest BCUT2D eigenvalue weighted by Gasteiger charge is -2.35. The summed E-state index contributed by atoms with van der Waals surface area (Å²) in [7, 11) is 1.64. The van der Waals surface area contributed by atoms with Crippen molar-refractivity contribution in [1.82, 2.24) is 15.3 Å². The largest absolute Gasteiger partial charge is 0.384 e. The predicted octanol–water partition coefficient (Wildman–Crippen LogP) is 1.94. The first kappa shape index (κ1) is 16.7. The van der Waals surface area contributed by atoms with Crippen molar-refractivity contribution in [2.24, 2.45) is 5.41 Å². The maximum Gasteiger partial charge on any atom is 0.235 e. The molecule has 1 aromatic carbocycles. The van der Waals surface area contributed by atoms with E-state index in [1.165, 1.54) is 0 Å². The van der Waals surface area contributed by atoms with E-state index in [4.69, 9.17) is 4.74 Å². The van der Waals surface area contributed by atoms with E-state index in [9.17, 15) is 4.79 Å². The number of nitrogens with one attached hydrogen (secondary N) is 3. The number of hydrogen-bond acceptors (Lipinski definition) is 4. The molecule has 2 heterocycles. The Morgan fingerprint density at radius 2 is 2.09 bits per heavy atom. The lowest BCUT2D eigenvalue weighted by atomic mass is 9.79. The van der Waals surface area contributed by atoms with Gasteiger partial charge in [0.25, 0.3) is 0 Å². The Bertz CT molecular complexity index is 599. The lowest BCUT2D eigenvalue weighted by molar-refractivity contribution is -0.130. The fourth-order valence-corrected chi connectivity index (χ4v) is 2.87. The summed E-state index contributed by atoms with van der Waals surface area (Å²) in [5.41, 5.74) is 1.29. The third-order valence-electron chi connectivity index (χ3n) is 4.08. The molecule has 0 spiro atoms. The number of carbonyl (C=O) groups is 1. The first-order valence-corrected chi connectivity index (χ1v) is 7.19. The van der Waals surface area contributed by atoms with E-state index in [0.717, 1.165) is 37.0 Å². The van der Waals surface area contributed by atoms with E-state index in [0.29, 0.717) is 12.6 Å². The summed E-state index contributed by atoms with van der Waals surface area (Å²) in [4.78, 5) is 20.2. The first-order valence-electron chi connectivity index (χ1n) is 7.19. The zero-order valence-electron chi connectivity index (χ0n) is 12.5. The van der Waals surface area contributed by atoms with Gasteiger partial charge in [-0.25, -0.2) is 4.98 Å². The van der Waals surface area contributed by atoms with Crippen LogP contribution in [0, 0.1) is 5.41 Å². The number of piperidine rings is 1. The van der Waals surface area contributed by atoms with E-state index >= 15 is 0 Å². The van der Waals surface area contributed by atoms with Gasteiger partial charge in [-0.05, 0) is 38.1 Å². The monoisotopic (exact) mass is 324 g/mol. The number of anilines is 1. The number of para-hydroxylation sites is 2. The molecule has 7 heteroatoms. The number of rotatable bonds is 4. The maximum absolute atomic E-state index is 12.7. The molecule has 3 rings (SSSR count). The second-order valence-corrected chi connectivity index (χ2v) is 5.52. The van der Waals surface area contributed by atoms with Crippen molar-refractivity contribution in [3.8, 4) is 0 Å². The third-order valence-corrected chi connectivity index (χ3v) is 4.08. The van der Waals surface area contributed by atoms with Gasteiger partial charge >= 0.3 is 0 Å². The molecule has 0 bridgehead atoms. The fourth-order valence-electron chi connectivity index (χ4n) is 2.87. The van der Waals surface area contributed by atoms with E-state index in [-0.39, 0.29) is 18.3 Å². The third kappa shape index (κ3) is 3.24. The number of halogens is 1. The van der Waals surface area contributed by atoms with Crippen LogP contribution in [0.25, 0.3) is 11.0 Å². The van der Waals surface area contributed by atoms with Crippen molar-refractivity contribution in [3.63, 3.8) is 0 Å². The molecular formula is C15H21ClN4O2. The quantitative estimate of drug-likeness (QED) is 0.803. The Morgan fingerprint density at radius 1 is 1.36 bits per heavy atom. The molecule has 1 saturated heterocycles. The van der Waals surface area contributed by atoms with Crippen molar-refractivity contribution >= 4 is 35.3 Å². The fraction of sp³-hybridized carbons (Fsp3) is 0.467. The van der Waals surface area contributed by atoms with Gasteiger partial charge in [0.2, 0.25) is 11.9 Å². The van der Waals surface area contributed by atoms with Crippen LogP contribution in [0.2, 0.25) is 0 Å². The second kappa shape index (κ2) is 7.09. The molecule has 0 radical (unpaired) electrons. The number of methoxy groups -OCH3 is 1. The van der Waals surface area contributed by atoms with Gasteiger partial charge in [0.05, 0.1) is 23.1 Å². The van der Waals surface area contributed by atoms with E-state index < -0.39 is 5.41 Å². The van der Waals surface area contributed by atoms with Crippen molar-refractivity contribution < 1.29 is 9.53 Å². The summed E-state index contributed by atoms with van der Waals surface area (Å²) in [5, 5.41) is 6.19. The molecule has 0 atom stereocenters.